The van der Waals surface area contributed by atoms with Crippen molar-refractivity contribution >= 4 is 30.0 Å². The van der Waals surface area contributed by atoms with Crippen LogP contribution in [-0.4, -0.2) is 79.5 Å². The summed E-state index contributed by atoms with van der Waals surface area (Å²) < 4.78 is 0. The smallest absolute Gasteiger partial charge is 0.227 e. The Kier molecular flexibility index (Phi) is 12.9. The number of nitrogens with one attached hydrogen (secondary N) is 3. The van der Waals surface area contributed by atoms with E-state index in [1.807, 2.05) is 46.0 Å². The van der Waals surface area contributed by atoms with Gasteiger partial charge in [-0.1, -0.05) is 32.6 Å². The highest BCUT2D eigenvalue weighted by Crippen LogP contribution is 2.17. The van der Waals surface area contributed by atoms with E-state index in [0.29, 0.717) is 24.9 Å². The molecule has 202 valence electrons. The number of aliphatic imine (C=N–C) groups is 3. The quantitative estimate of drug-likeness (QED) is 0.502. The first-order chi connectivity index (χ1) is 17.9. The summed E-state index contributed by atoms with van der Waals surface area (Å²) >= 11 is 0. The number of anilines is 1. The summed E-state index contributed by atoms with van der Waals surface area (Å²) in [6, 6.07) is 8.05. The number of hydrogen-bond acceptors (Lipinski definition) is 9. The molecule has 4 rings (SSSR count). The van der Waals surface area contributed by atoms with E-state index in [1.165, 1.54) is 0 Å². The molecule has 3 heterocycles. The molecule has 3 unspecified atom stereocenters. The molecular formula is C28H44N8O. The van der Waals surface area contributed by atoms with E-state index in [2.05, 4.69) is 66.2 Å². The van der Waals surface area contributed by atoms with Crippen molar-refractivity contribution in [1.29, 1.82) is 0 Å². The molecule has 0 spiro atoms. The lowest BCUT2D eigenvalue weighted by Gasteiger charge is -2.40. The molecule has 1 aromatic carbocycles. The highest BCUT2D eigenvalue weighted by atomic mass is 16.1. The molecule has 3 atom stereocenters. The summed E-state index contributed by atoms with van der Waals surface area (Å²) in [4.78, 5) is 30.1. The summed E-state index contributed by atoms with van der Waals surface area (Å²) in [5.41, 5.74) is 3.48. The molecular weight excluding hydrogens is 464 g/mol. The molecule has 1 fully saturated rings. The molecule has 3 N–H and O–H groups in total. The Morgan fingerprint density at radius 1 is 1.22 bits per heavy atom. The van der Waals surface area contributed by atoms with Crippen LogP contribution < -0.4 is 16.0 Å². The minimum Gasteiger partial charge on any atom is -0.350 e. The van der Waals surface area contributed by atoms with Gasteiger partial charge in [-0.25, -0.2) is 9.98 Å². The lowest BCUT2D eigenvalue weighted by atomic mass is 10.1. The van der Waals surface area contributed by atoms with E-state index in [-0.39, 0.29) is 11.8 Å². The third kappa shape index (κ3) is 10.0. The average molecular weight is 509 g/mol. The fourth-order valence-corrected chi connectivity index (χ4v) is 4.06. The summed E-state index contributed by atoms with van der Waals surface area (Å²) in [6.45, 7) is 22.8. The van der Waals surface area contributed by atoms with Crippen LogP contribution in [0.1, 0.15) is 46.6 Å². The molecule has 0 amide bonds. The molecule has 1 saturated heterocycles. The molecule has 1 aromatic rings. The Hall–Kier alpha value is -3.14. The van der Waals surface area contributed by atoms with Crippen LogP contribution in [0.2, 0.25) is 0 Å². The normalized spacial score (nSPS) is 25.2. The van der Waals surface area contributed by atoms with Gasteiger partial charge in [-0.2, -0.15) is 0 Å². The van der Waals surface area contributed by atoms with Gasteiger partial charge in [0.15, 0.2) is 0 Å². The number of benzene rings is 1. The Morgan fingerprint density at radius 3 is 2.73 bits per heavy atom. The topological polar surface area (TPSA) is 96.7 Å². The standard InChI is InChI=1S/C26H38N8O.C2H6/c1-19-15-30-22(4)29-11-7-10-28-18-34-13-12-33(17-25(34)21(3)35)16-23-8-6-9-24(14-23)32-26(27-5)31-20(19)2;1-2/h6,8-9,14-15,25,28H,2,5,7,10-13,16-18H2,1,3-4H3,(H,29,30)(H,31,32);1-2H3/b19-15+;. The van der Waals surface area contributed by atoms with Crippen LogP contribution in [0.4, 0.5) is 5.69 Å². The maximum absolute atomic E-state index is 12.4. The van der Waals surface area contributed by atoms with Gasteiger partial charge in [-0.15, -0.1) is 0 Å². The van der Waals surface area contributed by atoms with E-state index in [9.17, 15) is 4.79 Å². The number of Topliss-reactive ketones (excluding diaryl/α,β-unsaturated/α-hetero) is 1. The van der Waals surface area contributed by atoms with Gasteiger partial charge in [0.05, 0.1) is 17.6 Å². The Bertz CT molecular complexity index is 1010. The van der Waals surface area contributed by atoms with Crippen molar-refractivity contribution in [1.82, 2.24) is 20.4 Å². The third-order valence-electron chi connectivity index (χ3n) is 6.15. The number of hydrogen-bond donors (Lipinski definition) is 3. The van der Waals surface area contributed by atoms with E-state index in [0.717, 1.165) is 61.8 Å². The highest BCUT2D eigenvalue weighted by Gasteiger charge is 2.29. The Balaban J connectivity index is 0.00000235. The predicted octanol–water partition coefficient (Wildman–Crippen LogP) is 3.63. The van der Waals surface area contributed by atoms with Gasteiger partial charge in [0, 0.05) is 51.3 Å². The second-order valence-corrected chi connectivity index (χ2v) is 8.99. The summed E-state index contributed by atoms with van der Waals surface area (Å²) in [5.74, 6) is 1.41. The highest BCUT2D eigenvalue weighted by molar-refractivity contribution is 5.97. The van der Waals surface area contributed by atoms with E-state index < -0.39 is 0 Å². The molecule has 0 aliphatic carbocycles. The van der Waals surface area contributed by atoms with Crippen molar-refractivity contribution in [2.45, 2.75) is 53.6 Å². The zero-order valence-corrected chi connectivity index (χ0v) is 23.2. The number of carbonyl (C=O) groups excluding carboxylic acids is 1. The van der Waals surface area contributed by atoms with E-state index in [1.54, 1.807) is 6.92 Å². The van der Waals surface area contributed by atoms with Gasteiger partial charge in [0.1, 0.15) is 5.78 Å². The van der Waals surface area contributed by atoms with Gasteiger partial charge in [0.25, 0.3) is 0 Å². The molecule has 3 aliphatic rings. The first-order valence-corrected chi connectivity index (χ1v) is 13.1. The van der Waals surface area contributed by atoms with Crippen LogP contribution in [0.25, 0.3) is 0 Å². The SMILES string of the molecule is C=NC1=NC(=C)/C(C)=C/NC(C)=NCCCNCN2CCN(Cc3cccc(c3)N1)CC2C(C)=O.CC. The first kappa shape index (κ1) is 30.1. The first-order valence-electron chi connectivity index (χ1n) is 13.1. The summed E-state index contributed by atoms with van der Waals surface area (Å²) in [5, 5.41) is 9.91. The monoisotopic (exact) mass is 508 g/mol. The third-order valence-corrected chi connectivity index (χ3v) is 6.15. The molecule has 9 heteroatoms. The van der Waals surface area contributed by atoms with Crippen molar-refractivity contribution in [3.05, 3.63) is 53.9 Å². The van der Waals surface area contributed by atoms with Gasteiger partial charge in [0.2, 0.25) is 5.96 Å². The van der Waals surface area contributed by atoms with Crippen molar-refractivity contribution in [3.8, 4) is 0 Å². The number of rotatable bonds is 1. The molecule has 3 aliphatic heterocycles. The molecule has 9 nitrogen and oxygen atoms in total. The van der Waals surface area contributed by atoms with Crippen molar-refractivity contribution in [3.63, 3.8) is 0 Å². The lowest BCUT2D eigenvalue weighted by Crippen LogP contribution is -2.57. The van der Waals surface area contributed by atoms with Crippen LogP contribution in [0, 0.1) is 0 Å². The Morgan fingerprint density at radius 2 is 2.00 bits per heavy atom. The number of piperazine rings is 1. The van der Waals surface area contributed by atoms with Gasteiger partial charge in [-0.3, -0.25) is 19.6 Å². The largest absolute Gasteiger partial charge is 0.350 e. The zero-order chi connectivity index (χ0) is 27.2. The molecule has 4 bridgehead atoms. The second kappa shape index (κ2) is 15.9. The zero-order valence-electron chi connectivity index (χ0n) is 23.2. The van der Waals surface area contributed by atoms with Gasteiger partial charge < -0.3 is 16.0 Å². The maximum atomic E-state index is 12.4. The molecule has 37 heavy (non-hydrogen) atoms. The number of guanidine groups is 1. The fraction of sp³-hybridized carbons (Fsp3) is 0.500. The second-order valence-electron chi connectivity index (χ2n) is 8.99. The average Bonchev–Trinajstić information content (AvgIpc) is 2.90. The summed E-state index contributed by atoms with van der Waals surface area (Å²) in [6.07, 6.45) is 2.76. The van der Waals surface area contributed by atoms with Crippen molar-refractivity contribution < 1.29 is 4.79 Å². The number of nitrogens with zero attached hydrogens (tertiary/aromatic N) is 5. The maximum Gasteiger partial charge on any atom is 0.227 e. The minimum absolute atomic E-state index is 0.107. The van der Waals surface area contributed by atoms with Crippen molar-refractivity contribution in [2.24, 2.45) is 15.0 Å². The number of carbonyl (C=O) groups is 1. The number of allylic oxidation sites excluding steroid dienone is 1. The van der Waals surface area contributed by atoms with E-state index >= 15 is 0 Å². The van der Waals surface area contributed by atoms with Crippen LogP contribution in [0.5, 0.6) is 0 Å². The Labute approximate surface area is 222 Å². The molecule has 0 radical (unpaired) electrons. The number of fused-ring (bicyclic) bond motifs is 12. The minimum atomic E-state index is -0.107. The van der Waals surface area contributed by atoms with Crippen LogP contribution in [-0.2, 0) is 11.3 Å². The van der Waals surface area contributed by atoms with Crippen LogP contribution >= 0.6 is 0 Å². The van der Waals surface area contributed by atoms with Crippen LogP contribution in [0.15, 0.2) is 63.3 Å². The lowest BCUT2D eigenvalue weighted by molar-refractivity contribution is -0.124. The van der Waals surface area contributed by atoms with E-state index in [4.69, 9.17) is 0 Å². The summed E-state index contributed by atoms with van der Waals surface area (Å²) in [7, 11) is 0. The fourth-order valence-electron chi connectivity index (χ4n) is 4.06. The van der Waals surface area contributed by atoms with Gasteiger partial charge in [-0.05, 0) is 63.7 Å². The molecule has 0 aromatic heterocycles. The number of amidine groups is 1. The van der Waals surface area contributed by atoms with Gasteiger partial charge >= 0.3 is 0 Å². The van der Waals surface area contributed by atoms with Crippen LogP contribution in [0.3, 0.4) is 0 Å². The molecule has 0 saturated carbocycles. The number of ketones is 1. The van der Waals surface area contributed by atoms with Crippen molar-refractivity contribution in [2.75, 3.05) is 44.7 Å². The predicted molar refractivity (Wildman–Crippen MR) is 156 cm³/mol.